The largest absolute Gasteiger partial charge is 0.305 e. The summed E-state index contributed by atoms with van der Waals surface area (Å²) in [6, 6.07) is 8.62. The number of benzene rings is 1. The van der Waals surface area contributed by atoms with Gasteiger partial charge in [0.2, 0.25) is 0 Å². The van der Waals surface area contributed by atoms with Crippen LogP contribution in [0, 0.1) is 0 Å². The van der Waals surface area contributed by atoms with Gasteiger partial charge in [0.05, 0.1) is 11.7 Å². The Morgan fingerprint density at radius 3 is 2.95 bits per heavy atom. The fourth-order valence-corrected chi connectivity index (χ4v) is 4.34. The highest BCUT2D eigenvalue weighted by atomic mass is 79.9. The van der Waals surface area contributed by atoms with Crippen molar-refractivity contribution in [3.05, 3.63) is 49.9 Å². The molecule has 2 nitrogen and oxygen atoms in total. The van der Waals surface area contributed by atoms with Gasteiger partial charge in [0.25, 0.3) is 0 Å². The lowest BCUT2D eigenvalue weighted by molar-refractivity contribution is 0.623. The molecule has 1 unspecified atom stereocenters. The molecule has 0 amide bonds. The zero-order valence-corrected chi connectivity index (χ0v) is 13.4. The summed E-state index contributed by atoms with van der Waals surface area (Å²) in [5, 5.41) is 4.77. The van der Waals surface area contributed by atoms with Crippen LogP contribution in [0.4, 0.5) is 0 Å². The minimum atomic E-state index is 0.205. The normalized spacial score (nSPS) is 15.5. The number of fused-ring (bicyclic) bond motifs is 1. The maximum Gasteiger partial charge on any atom is 0.115 e. The Morgan fingerprint density at radius 1 is 1.37 bits per heavy atom. The van der Waals surface area contributed by atoms with Gasteiger partial charge in [-0.3, -0.25) is 0 Å². The third-order valence-electron chi connectivity index (χ3n) is 3.48. The predicted molar refractivity (Wildman–Crippen MR) is 83.8 cm³/mol. The van der Waals surface area contributed by atoms with Crippen molar-refractivity contribution in [2.75, 3.05) is 6.54 Å². The van der Waals surface area contributed by atoms with Gasteiger partial charge in [0.1, 0.15) is 5.01 Å². The summed E-state index contributed by atoms with van der Waals surface area (Å²) >= 11 is 5.54. The standard InChI is InChI=1S/C15H17BrN2S/c1-2-17-14(10-6-3-4-7-11(10)16)15-18-12-8-5-9-13(12)19-15/h3-4,6-7,14,17H,2,5,8-9H2,1H3. The van der Waals surface area contributed by atoms with Gasteiger partial charge in [-0.05, 0) is 37.4 Å². The lowest BCUT2D eigenvalue weighted by atomic mass is 10.1. The summed E-state index contributed by atoms with van der Waals surface area (Å²) in [5.74, 6) is 0. The van der Waals surface area contributed by atoms with Crippen molar-refractivity contribution in [3.63, 3.8) is 0 Å². The van der Waals surface area contributed by atoms with Crippen LogP contribution in [0.15, 0.2) is 28.7 Å². The molecule has 2 aromatic rings. The molecule has 1 aromatic heterocycles. The van der Waals surface area contributed by atoms with Crippen molar-refractivity contribution in [3.8, 4) is 0 Å². The highest BCUT2D eigenvalue weighted by molar-refractivity contribution is 9.10. The molecule has 0 radical (unpaired) electrons. The lowest BCUT2D eigenvalue weighted by Gasteiger charge is -2.17. The third-order valence-corrected chi connectivity index (χ3v) is 5.43. The van der Waals surface area contributed by atoms with Gasteiger partial charge in [-0.15, -0.1) is 11.3 Å². The van der Waals surface area contributed by atoms with Crippen molar-refractivity contribution >= 4 is 27.3 Å². The molecule has 1 aromatic carbocycles. The van der Waals surface area contributed by atoms with Gasteiger partial charge >= 0.3 is 0 Å². The fourth-order valence-electron chi connectivity index (χ4n) is 2.58. The number of halogens is 1. The maximum absolute atomic E-state index is 4.86. The van der Waals surface area contributed by atoms with E-state index in [1.54, 1.807) is 0 Å². The first-order valence-electron chi connectivity index (χ1n) is 6.76. The van der Waals surface area contributed by atoms with E-state index in [2.05, 4.69) is 52.4 Å². The topological polar surface area (TPSA) is 24.9 Å². The van der Waals surface area contributed by atoms with Crippen LogP contribution in [0.1, 0.15) is 40.5 Å². The molecule has 4 heteroatoms. The first-order chi connectivity index (χ1) is 9.29. The molecule has 1 heterocycles. The van der Waals surface area contributed by atoms with Crippen molar-refractivity contribution in [1.29, 1.82) is 0 Å². The van der Waals surface area contributed by atoms with E-state index >= 15 is 0 Å². The zero-order valence-electron chi connectivity index (χ0n) is 10.9. The van der Waals surface area contributed by atoms with Crippen LogP contribution in [0.5, 0.6) is 0 Å². The van der Waals surface area contributed by atoms with E-state index in [-0.39, 0.29) is 6.04 Å². The summed E-state index contributed by atoms with van der Waals surface area (Å²) in [6.45, 7) is 3.08. The number of aromatic nitrogens is 1. The summed E-state index contributed by atoms with van der Waals surface area (Å²) in [5.41, 5.74) is 2.60. The summed E-state index contributed by atoms with van der Waals surface area (Å²) in [4.78, 5) is 6.35. The van der Waals surface area contributed by atoms with Gasteiger partial charge < -0.3 is 5.32 Å². The second-order valence-corrected chi connectivity index (χ2v) is 6.76. The number of thiazole rings is 1. The highest BCUT2D eigenvalue weighted by Crippen LogP contribution is 2.35. The van der Waals surface area contributed by atoms with Gasteiger partial charge in [0.15, 0.2) is 0 Å². The Balaban J connectivity index is 1.98. The molecule has 1 aliphatic carbocycles. The van der Waals surface area contributed by atoms with Crippen LogP contribution in [-0.4, -0.2) is 11.5 Å². The number of hydrogen-bond acceptors (Lipinski definition) is 3. The first kappa shape index (κ1) is 13.3. The second-order valence-electron chi connectivity index (χ2n) is 4.79. The van der Waals surface area contributed by atoms with Crippen LogP contribution in [-0.2, 0) is 12.8 Å². The number of nitrogens with one attached hydrogen (secondary N) is 1. The minimum Gasteiger partial charge on any atom is -0.305 e. The van der Waals surface area contributed by atoms with E-state index < -0.39 is 0 Å². The third kappa shape index (κ3) is 2.62. The molecule has 0 saturated heterocycles. The molecule has 1 aliphatic rings. The van der Waals surface area contributed by atoms with E-state index in [4.69, 9.17) is 4.98 Å². The number of rotatable bonds is 4. The number of aryl methyl sites for hydroxylation is 2. The number of nitrogens with zero attached hydrogens (tertiary/aromatic N) is 1. The number of hydrogen-bond donors (Lipinski definition) is 1. The predicted octanol–water partition coefficient (Wildman–Crippen LogP) is 4.09. The average molecular weight is 337 g/mol. The summed E-state index contributed by atoms with van der Waals surface area (Å²) < 4.78 is 1.15. The minimum absolute atomic E-state index is 0.205. The average Bonchev–Trinajstić information content (AvgIpc) is 2.97. The van der Waals surface area contributed by atoms with E-state index in [9.17, 15) is 0 Å². The van der Waals surface area contributed by atoms with Crippen molar-refractivity contribution in [2.24, 2.45) is 0 Å². The molecule has 19 heavy (non-hydrogen) atoms. The maximum atomic E-state index is 4.86. The van der Waals surface area contributed by atoms with Crippen LogP contribution in [0.2, 0.25) is 0 Å². The lowest BCUT2D eigenvalue weighted by Crippen LogP contribution is -2.22. The van der Waals surface area contributed by atoms with Crippen LogP contribution < -0.4 is 5.32 Å². The van der Waals surface area contributed by atoms with Crippen molar-refractivity contribution in [1.82, 2.24) is 10.3 Å². The molecule has 3 rings (SSSR count). The first-order valence-corrected chi connectivity index (χ1v) is 8.37. The van der Waals surface area contributed by atoms with Gasteiger partial charge in [-0.2, -0.15) is 0 Å². The highest BCUT2D eigenvalue weighted by Gasteiger charge is 2.23. The Labute approximate surface area is 126 Å². The van der Waals surface area contributed by atoms with Gasteiger partial charge in [0, 0.05) is 9.35 Å². The Kier molecular flexibility index (Phi) is 4.01. The van der Waals surface area contributed by atoms with E-state index in [1.807, 2.05) is 11.3 Å². The quantitative estimate of drug-likeness (QED) is 0.909. The van der Waals surface area contributed by atoms with Crippen LogP contribution in [0.25, 0.3) is 0 Å². The van der Waals surface area contributed by atoms with Crippen molar-refractivity contribution < 1.29 is 0 Å². The molecule has 0 saturated carbocycles. The van der Waals surface area contributed by atoms with Crippen LogP contribution >= 0.6 is 27.3 Å². The van der Waals surface area contributed by atoms with Gasteiger partial charge in [-0.25, -0.2) is 4.98 Å². The molecule has 100 valence electrons. The van der Waals surface area contributed by atoms with Crippen molar-refractivity contribution in [2.45, 2.75) is 32.2 Å². The zero-order chi connectivity index (χ0) is 13.2. The van der Waals surface area contributed by atoms with E-state index in [0.717, 1.165) is 17.4 Å². The molecule has 0 spiro atoms. The SMILES string of the molecule is CCNC(c1nc2c(s1)CCC2)c1ccccc1Br. The van der Waals surface area contributed by atoms with E-state index in [1.165, 1.54) is 34.0 Å². The Morgan fingerprint density at radius 2 is 2.21 bits per heavy atom. The molecule has 1 N–H and O–H groups in total. The molecule has 0 aliphatic heterocycles. The smallest absolute Gasteiger partial charge is 0.115 e. The molecule has 1 atom stereocenters. The fraction of sp³-hybridized carbons (Fsp3) is 0.400. The summed E-state index contributed by atoms with van der Waals surface area (Å²) in [6.07, 6.45) is 3.64. The molecule has 0 bridgehead atoms. The molecular formula is C15H17BrN2S. The monoisotopic (exact) mass is 336 g/mol. The Bertz CT molecular complexity index is 558. The second kappa shape index (κ2) is 5.73. The Hall–Kier alpha value is -0.710. The van der Waals surface area contributed by atoms with Gasteiger partial charge in [-0.1, -0.05) is 41.1 Å². The van der Waals surface area contributed by atoms with Crippen LogP contribution in [0.3, 0.4) is 0 Å². The summed E-state index contributed by atoms with van der Waals surface area (Å²) in [7, 11) is 0. The van der Waals surface area contributed by atoms with E-state index in [0.29, 0.717) is 0 Å². The molecular weight excluding hydrogens is 320 g/mol. The molecule has 0 fully saturated rings.